The van der Waals surface area contributed by atoms with E-state index in [4.69, 9.17) is 0 Å². The SMILES string of the molecule is CCN(CC)C(=O)c1cnc([C@H]2CCCCN2C(=O)c2scnc2C)nc1C. The van der Waals surface area contributed by atoms with Crippen LogP contribution in [0.3, 0.4) is 0 Å². The van der Waals surface area contributed by atoms with Crippen LogP contribution in [-0.2, 0) is 0 Å². The predicted octanol–water partition coefficient (Wildman–Crippen LogP) is 3.40. The van der Waals surface area contributed by atoms with Crippen molar-refractivity contribution in [3.8, 4) is 0 Å². The second-order valence-electron chi connectivity index (χ2n) is 6.98. The molecule has 1 atom stereocenters. The quantitative estimate of drug-likeness (QED) is 0.767. The molecule has 150 valence electrons. The van der Waals surface area contributed by atoms with Crippen molar-refractivity contribution >= 4 is 23.2 Å². The van der Waals surface area contributed by atoms with Crippen LogP contribution in [-0.4, -0.2) is 56.2 Å². The highest BCUT2D eigenvalue weighted by molar-refractivity contribution is 7.11. The first-order chi connectivity index (χ1) is 13.5. The number of carbonyl (C=O) groups excluding carboxylic acids is 2. The number of rotatable bonds is 5. The summed E-state index contributed by atoms with van der Waals surface area (Å²) in [7, 11) is 0. The third-order valence-electron chi connectivity index (χ3n) is 5.28. The van der Waals surface area contributed by atoms with Crippen LogP contribution >= 0.6 is 11.3 Å². The molecule has 3 rings (SSSR count). The zero-order valence-electron chi connectivity index (χ0n) is 16.9. The summed E-state index contributed by atoms with van der Waals surface area (Å²) >= 11 is 1.37. The fraction of sp³-hybridized carbons (Fsp3) is 0.550. The lowest BCUT2D eigenvalue weighted by molar-refractivity contribution is 0.0602. The number of nitrogens with zero attached hydrogens (tertiary/aromatic N) is 5. The molecule has 7 nitrogen and oxygen atoms in total. The van der Waals surface area contributed by atoms with E-state index in [-0.39, 0.29) is 17.9 Å². The Morgan fingerprint density at radius 3 is 2.54 bits per heavy atom. The second-order valence-corrected chi connectivity index (χ2v) is 7.84. The van der Waals surface area contributed by atoms with Crippen molar-refractivity contribution in [1.29, 1.82) is 0 Å². The fourth-order valence-electron chi connectivity index (χ4n) is 3.62. The lowest BCUT2D eigenvalue weighted by atomic mass is 10.0. The van der Waals surface area contributed by atoms with Crippen LogP contribution in [0.5, 0.6) is 0 Å². The smallest absolute Gasteiger partial charge is 0.266 e. The molecule has 0 unspecified atom stereocenters. The molecule has 0 saturated carbocycles. The minimum absolute atomic E-state index is 0.00533. The van der Waals surface area contributed by atoms with Crippen molar-refractivity contribution in [2.75, 3.05) is 19.6 Å². The Kier molecular flexibility index (Phi) is 6.39. The van der Waals surface area contributed by atoms with Gasteiger partial charge in [-0.25, -0.2) is 15.0 Å². The van der Waals surface area contributed by atoms with Gasteiger partial charge in [-0.2, -0.15) is 0 Å². The summed E-state index contributed by atoms with van der Waals surface area (Å²) < 4.78 is 0. The Balaban J connectivity index is 1.88. The van der Waals surface area contributed by atoms with Crippen molar-refractivity contribution in [1.82, 2.24) is 24.8 Å². The van der Waals surface area contributed by atoms with E-state index in [9.17, 15) is 9.59 Å². The maximum Gasteiger partial charge on any atom is 0.266 e. The molecule has 0 spiro atoms. The van der Waals surface area contributed by atoms with E-state index in [1.807, 2.05) is 32.6 Å². The van der Waals surface area contributed by atoms with E-state index in [0.717, 1.165) is 25.0 Å². The van der Waals surface area contributed by atoms with Crippen LogP contribution in [0.2, 0.25) is 0 Å². The van der Waals surface area contributed by atoms with E-state index in [2.05, 4.69) is 15.0 Å². The van der Waals surface area contributed by atoms with Crippen molar-refractivity contribution in [3.63, 3.8) is 0 Å². The van der Waals surface area contributed by atoms with Gasteiger partial charge in [-0.15, -0.1) is 11.3 Å². The maximum atomic E-state index is 13.1. The molecule has 1 saturated heterocycles. The zero-order chi connectivity index (χ0) is 20.3. The van der Waals surface area contributed by atoms with Gasteiger partial charge in [0, 0.05) is 25.8 Å². The number of thiazole rings is 1. The second kappa shape index (κ2) is 8.77. The molecule has 2 aromatic heterocycles. The predicted molar refractivity (Wildman–Crippen MR) is 109 cm³/mol. The first kappa shape index (κ1) is 20.4. The van der Waals surface area contributed by atoms with Gasteiger partial charge in [0.15, 0.2) is 5.82 Å². The van der Waals surface area contributed by atoms with Gasteiger partial charge in [-0.05, 0) is 47.0 Å². The number of aromatic nitrogens is 3. The summed E-state index contributed by atoms with van der Waals surface area (Å²) in [5.41, 5.74) is 3.65. The van der Waals surface area contributed by atoms with Gasteiger partial charge in [0.05, 0.1) is 28.5 Å². The molecule has 1 fully saturated rings. The monoisotopic (exact) mass is 401 g/mol. The molecule has 0 aliphatic carbocycles. The number of aryl methyl sites for hydroxylation is 2. The van der Waals surface area contributed by atoms with Crippen LogP contribution in [0.1, 0.15) is 76.4 Å². The standard InChI is InChI=1S/C20H27N5O2S/c1-5-24(6-2)19(26)15-11-21-18(23-13(15)3)16-9-7-8-10-25(16)20(27)17-14(4)22-12-28-17/h11-12,16H,5-10H2,1-4H3/t16-/m1/s1. The number of carbonyl (C=O) groups is 2. The van der Waals surface area contributed by atoms with Gasteiger partial charge in [-0.3, -0.25) is 9.59 Å². The topological polar surface area (TPSA) is 79.3 Å². The number of amides is 2. The highest BCUT2D eigenvalue weighted by Gasteiger charge is 2.32. The van der Waals surface area contributed by atoms with Crippen molar-refractivity contribution in [2.24, 2.45) is 0 Å². The minimum Gasteiger partial charge on any atom is -0.339 e. The number of likely N-dealkylation sites (tertiary alicyclic amines) is 1. The molecule has 0 N–H and O–H groups in total. The average molecular weight is 402 g/mol. The van der Waals surface area contributed by atoms with Crippen LogP contribution in [0.25, 0.3) is 0 Å². The van der Waals surface area contributed by atoms with Crippen molar-refractivity contribution in [2.45, 2.75) is 53.0 Å². The Bertz CT molecular complexity index is 862. The Labute approximate surface area is 169 Å². The average Bonchev–Trinajstić information content (AvgIpc) is 3.14. The molecular weight excluding hydrogens is 374 g/mol. The minimum atomic E-state index is -0.168. The van der Waals surface area contributed by atoms with E-state index >= 15 is 0 Å². The fourth-order valence-corrected chi connectivity index (χ4v) is 4.37. The first-order valence-corrected chi connectivity index (χ1v) is 10.7. The molecule has 2 amide bonds. The molecule has 0 radical (unpaired) electrons. The maximum absolute atomic E-state index is 13.1. The summed E-state index contributed by atoms with van der Waals surface area (Å²) in [4.78, 5) is 43.4. The van der Waals surface area contributed by atoms with Crippen molar-refractivity contribution < 1.29 is 9.59 Å². The molecule has 3 heterocycles. The molecule has 0 aromatic carbocycles. The van der Waals surface area contributed by atoms with Gasteiger partial charge in [0.1, 0.15) is 4.88 Å². The highest BCUT2D eigenvalue weighted by Crippen LogP contribution is 2.31. The summed E-state index contributed by atoms with van der Waals surface area (Å²) in [6.07, 6.45) is 4.44. The number of hydrogen-bond donors (Lipinski definition) is 0. The van der Waals surface area contributed by atoms with E-state index in [1.165, 1.54) is 11.3 Å². The molecule has 28 heavy (non-hydrogen) atoms. The Morgan fingerprint density at radius 1 is 1.18 bits per heavy atom. The van der Waals surface area contributed by atoms with Crippen molar-refractivity contribution in [3.05, 3.63) is 39.4 Å². The van der Waals surface area contributed by atoms with E-state index in [0.29, 0.717) is 41.6 Å². The number of piperidine rings is 1. The summed E-state index contributed by atoms with van der Waals surface area (Å²) in [5, 5.41) is 0. The third-order valence-corrected chi connectivity index (χ3v) is 6.20. The van der Waals surface area contributed by atoms with Gasteiger partial charge in [0.25, 0.3) is 11.8 Å². The van der Waals surface area contributed by atoms with Crippen LogP contribution in [0.4, 0.5) is 0 Å². The molecule has 1 aliphatic heterocycles. The van der Waals surface area contributed by atoms with Gasteiger partial charge >= 0.3 is 0 Å². The Morgan fingerprint density at radius 2 is 1.93 bits per heavy atom. The van der Waals surface area contributed by atoms with Crippen LogP contribution in [0.15, 0.2) is 11.7 Å². The normalized spacial score (nSPS) is 16.9. The summed E-state index contributed by atoms with van der Waals surface area (Å²) in [6.45, 7) is 9.59. The lowest BCUT2D eigenvalue weighted by Crippen LogP contribution is -2.39. The third kappa shape index (κ3) is 3.92. The Hall–Kier alpha value is -2.35. The number of hydrogen-bond acceptors (Lipinski definition) is 6. The van der Waals surface area contributed by atoms with Gasteiger partial charge in [0.2, 0.25) is 0 Å². The highest BCUT2D eigenvalue weighted by atomic mass is 32.1. The summed E-state index contributed by atoms with van der Waals surface area (Å²) in [6, 6.07) is -0.168. The van der Waals surface area contributed by atoms with E-state index in [1.54, 1.807) is 16.6 Å². The molecular formula is C20H27N5O2S. The molecule has 0 bridgehead atoms. The zero-order valence-corrected chi connectivity index (χ0v) is 17.8. The molecule has 8 heteroatoms. The lowest BCUT2D eigenvalue weighted by Gasteiger charge is -2.34. The van der Waals surface area contributed by atoms with Crippen LogP contribution < -0.4 is 0 Å². The first-order valence-electron chi connectivity index (χ1n) is 9.81. The van der Waals surface area contributed by atoms with E-state index < -0.39 is 0 Å². The largest absolute Gasteiger partial charge is 0.339 e. The van der Waals surface area contributed by atoms with Gasteiger partial charge in [-0.1, -0.05) is 0 Å². The van der Waals surface area contributed by atoms with Crippen LogP contribution in [0, 0.1) is 13.8 Å². The molecule has 1 aliphatic rings. The molecule has 2 aromatic rings. The van der Waals surface area contributed by atoms with Gasteiger partial charge < -0.3 is 9.80 Å². The summed E-state index contributed by atoms with van der Waals surface area (Å²) in [5.74, 6) is 0.559.